The second kappa shape index (κ2) is 14.2. The lowest BCUT2D eigenvalue weighted by molar-refractivity contribution is 0.0374. The molecule has 0 bridgehead atoms. The lowest BCUT2D eigenvalue weighted by Gasteiger charge is -2.26. The van der Waals surface area contributed by atoms with Crippen LogP contribution in [0.4, 0.5) is 0 Å². The summed E-state index contributed by atoms with van der Waals surface area (Å²) in [4.78, 5) is 15.1. The summed E-state index contributed by atoms with van der Waals surface area (Å²) in [5.74, 6) is 0. The molecule has 8 heteroatoms. The van der Waals surface area contributed by atoms with E-state index in [2.05, 4.69) is 81.1 Å². The zero-order valence-corrected chi connectivity index (χ0v) is 25.7. The molecular weight excluding hydrogens is 548 g/mol. The number of ether oxygens (including phenoxy) is 2. The molecule has 2 fully saturated rings. The molecule has 0 aliphatic carbocycles. The number of fused-ring (bicyclic) bond motifs is 5. The van der Waals surface area contributed by atoms with Gasteiger partial charge in [-0.2, -0.15) is 0 Å². The van der Waals surface area contributed by atoms with Gasteiger partial charge in [-0.25, -0.2) is 9.97 Å². The van der Waals surface area contributed by atoms with Gasteiger partial charge in [-0.15, -0.1) is 0 Å². The molecule has 2 N–H and O–H groups in total. The van der Waals surface area contributed by atoms with E-state index in [0.717, 1.165) is 143 Å². The maximum absolute atomic E-state index is 5.45. The first-order valence-corrected chi connectivity index (χ1v) is 16.4. The number of hydrogen-bond donors (Lipinski definition) is 2. The van der Waals surface area contributed by atoms with Gasteiger partial charge < -0.3 is 20.1 Å². The van der Waals surface area contributed by atoms with Gasteiger partial charge in [0.1, 0.15) is 0 Å². The van der Waals surface area contributed by atoms with Gasteiger partial charge >= 0.3 is 0 Å². The van der Waals surface area contributed by atoms with Crippen LogP contribution in [0.25, 0.3) is 43.6 Å². The third-order valence-corrected chi connectivity index (χ3v) is 9.01. The van der Waals surface area contributed by atoms with Gasteiger partial charge in [0.2, 0.25) is 0 Å². The van der Waals surface area contributed by atoms with E-state index in [1.54, 1.807) is 0 Å². The fourth-order valence-corrected chi connectivity index (χ4v) is 6.50. The summed E-state index contributed by atoms with van der Waals surface area (Å²) in [6, 6.07) is 22.1. The zero-order chi connectivity index (χ0) is 29.6. The Bertz CT molecular complexity index is 1710. The first kappa shape index (κ1) is 29.5. The van der Waals surface area contributed by atoms with E-state index < -0.39 is 0 Å². The van der Waals surface area contributed by atoms with E-state index in [9.17, 15) is 0 Å². The summed E-state index contributed by atoms with van der Waals surface area (Å²) in [5, 5.41) is 11.9. The first-order valence-electron chi connectivity index (χ1n) is 16.4. The van der Waals surface area contributed by atoms with Crippen LogP contribution in [0, 0.1) is 0 Å². The summed E-state index contributed by atoms with van der Waals surface area (Å²) in [7, 11) is 0. The lowest BCUT2D eigenvalue weighted by Crippen LogP contribution is -2.37. The molecule has 2 aliphatic rings. The SMILES string of the molecule is c1cc2nc3ccc4cc5cc(CNCCCN6CCOCC6)ccc5nc4c3cc2cc1CNCCCN1CCOCC1. The highest BCUT2D eigenvalue weighted by Gasteiger charge is 2.11. The minimum Gasteiger partial charge on any atom is -0.379 e. The highest BCUT2D eigenvalue weighted by Crippen LogP contribution is 2.29. The van der Waals surface area contributed by atoms with Crippen molar-refractivity contribution < 1.29 is 9.47 Å². The summed E-state index contributed by atoms with van der Waals surface area (Å²) in [5.41, 5.74) is 6.63. The number of hydrogen-bond acceptors (Lipinski definition) is 8. The molecule has 0 spiro atoms. The fourth-order valence-electron chi connectivity index (χ4n) is 6.50. The molecule has 2 saturated heterocycles. The molecule has 0 radical (unpaired) electrons. The Hall–Kier alpha value is -3.24. The van der Waals surface area contributed by atoms with Crippen molar-refractivity contribution in [2.24, 2.45) is 0 Å². The number of benzene rings is 3. The quantitative estimate of drug-likeness (QED) is 0.123. The maximum atomic E-state index is 5.45. The van der Waals surface area contributed by atoms with Crippen molar-refractivity contribution in [3.63, 3.8) is 0 Å². The Balaban J connectivity index is 1.01. The average Bonchev–Trinajstić information content (AvgIpc) is 3.07. The van der Waals surface area contributed by atoms with Gasteiger partial charge in [-0.05, 0) is 92.6 Å². The van der Waals surface area contributed by atoms with Gasteiger partial charge in [0.25, 0.3) is 0 Å². The topological polar surface area (TPSA) is 74.8 Å². The molecule has 8 nitrogen and oxygen atoms in total. The van der Waals surface area contributed by atoms with E-state index in [1.807, 2.05) is 0 Å². The molecule has 7 rings (SSSR count). The Morgan fingerprint density at radius 3 is 1.73 bits per heavy atom. The molecular formula is C36H44N6O2. The third-order valence-electron chi connectivity index (χ3n) is 9.01. The van der Waals surface area contributed by atoms with Gasteiger partial charge in [-0.1, -0.05) is 18.2 Å². The van der Waals surface area contributed by atoms with Crippen LogP contribution in [0.5, 0.6) is 0 Å². The van der Waals surface area contributed by atoms with Crippen LogP contribution in [0.15, 0.2) is 60.7 Å². The smallest absolute Gasteiger partial charge is 0.0803 e. The molecule has 5 aromatic rings. The van der Waals surface area contributed by atoms with Gasteiger partial charge in [0.15, 0.2) is 0 Å². The number of aromatic nitrogens is 2. The molecule has 230 valence electrons. The van der Waals surface area contributed by atoms with Crippen LogP contribution in [0.1, 0.15) is 24.0 Å². The lowest BCUT2D eigenvalue weighted by atomic mass is 10.0. The molecule has 3 aromatic carbocycles. The van der Waals surface area contributed by atoms with Crippen LogP contribution in [0.3, 0.4) is 0 Å². The van der Waals surface area contributed by atoms with Crippen molar-refractivity contribution in [2.75, 3.05) is 78.8 Å². The van der Waals surface area contributed by atoms with E-state index in [4.69, 9.17) is 19.4 Å². The molecule has 2 aliphatic heterocycles. The Labute approximate surface area is 259 Å². The second-order valence-corrected chi connectivity index (χ2v) is 12.2. The number of rotatable bonds is 12. The van der Waals surface area contributed by atoms with Crippen LogP contribution in [0.2, 0.25) is 0 Å². The summed E-state index contributed by atoms with van der Waals surface area (Å²) in [6.45, 7) is 13.7. The molecule has 44 heavy (non-hydrogen) atoms. The minimum absolute atomic E-state index is 0.862. The average molecular weight is 593 g/mol. The van der Waals surface area contributed by atoms with Crippen molar-refractivity contribution in [1.29, 1.82) is 0 Å². The molecule has 0 atom stereocenters. The van der Waals surface area contributed by atoms with Crippen molar-refractivity contribution >= 4 is 43.6 Å². The highest BCUT2D eigenvalue weighted by atomic mass is 16.5. The molecule has 2 aromatic heterocycles. The Morgan fingerprint density at radius 2 is 1.11 bits per heavy atom. The maximum Gasteiger partial charge on any atom is 0.0803 e. The number of nitrogens with one attached hydrogen (secondary N) is 2. The van der Waals surface area contributed by atoms with E-state index in [1.165, 1.54) is 16.5 Å². The highest BCUT2D eigenvalue weighted by molar-refractivity contribution is 6.10. The number of nitrogens with zero attached hydrogens (tertiary/aromatic N) is 4. The van der Waals surface area contributed by atoms with Crippen molar-refractivity contribution in [1.82, 2.24) is 30.4 Å². The van der Waals surface area contributed by atoms with Gasteiger partial charge in [-0.3, -0.25) is 9.80 Å². The second-order valence-electron chi connectivity index (χ2n) is 12.2. The van der Waals surface area contributed by atoms with Gasteiger partial charge in [0.05, 0.1) is 48.5 Å². The van der Waals surface area contributed by atoms with Crippen molar-refractivity contribution in [2.45, 2.75) is 25.9 Å². The number of pyridine rings is 2. The van der Waals surface area contributed by atoms with Crippen LogP contribution in [-0.2, 0) is 22.6 Å². The van der Waals surface area contributed by atoms with E-state index in [0.29, 0.717) is 0 Å². The van der Waals surface area contributed by atoms with E-state index >= 15 is 0 Å². The fraction of sp³-hybridized carbons (Fsp3) is 0.444. The molecule has 0 saturated carbocycles. The largest absolute Gasteiger partial charge is 0.379 e. The normalized spacial score (nSPS) is 16.9. The van der Waals surface area contributed by atoms with E-state index in [-0.39, 0.29) is 0 Å². The molecule has 4 heterocycles. The number of morpholine rings is 2. The summed E-state index contributed by atoms with van der Waals surface area (Å²) >= 11 is 0. The van der Waals surface area contributed by atoms with Crippen LogP contribution >= 0.6 is 0 Å². The summed E-state index contributed by atoms with van der Waals surface area (Å²) < 4.78 is 10.9. The van der Waals surface area contributed by atoms with Crippen LogP contribution in [-0.4, -0.2) is 98.6 Å². The predicted molar refractivity (Wildman–Crippen MR) is 179 cm³/mol. The van der Waals surface area contributed by atoms with Crippen molar-refractivity contribution in [3.8, 4) is 0 Å². The monoisotopic (exact) mass is 592 g/mol. The minimum atomic E-state index is 0.862. The third kappa shape index (κ3) is 7.18. The Kier molecular flexibility index (Phi) is 9.54. The summed E-state index contributed by atoms with van der Waals surface area (Å²) in [6.07, 6.45) is 2.31. The van der Waals surface area contributed by atoms with Crippen LogP contribution < -0.4 is 10.6 Å². The van der Waals surface area contributed by atoms with Gasteiger partial charge in [0, 0.05) is 60.8 Å². The van der Waals surface area contributed by atoms with Crippen molar-refractivity contribution in [3.05, 3.63) is 71.8 Å². The molecule has 0 unspecified atom stereocenters. The zero-order valence-electron chi connectivity index (χ0n) is 25.7. The standard InChI is InChI=1S/C36H44N6O2/c1(11-41-13-17-43-18-14-41)9-37-25-27-4-7-34-30(21-27)23-29-5-8-35-32(36(29)40-34)24-31-22-28(3-6-33(31)39-35)26-38-10-2-12-42-15-19-44-20-16-42/h3-8,21-24,37-38H,1-2,9-20,25-26H2. The molecule has 0 amide bonds. The first-order chi connectivity index (χ1) is 21.8. The predicted octanol–water partition coefficient (Wildman–Crippen LogP) is 4.71. The Morgan fingerprint density at radius 1 is 0.568 bits per heavy atom.